The van der Waals surface area contributed by atoms with Crippen LogP contribution in [0.2, 0.25) is 0 Å². The quantitative estimate of drug-likeness (QED) is 0.0222. The molecule has 0 fully saturated rings. The van der Waals surface area contributed by atoms with Gasteiger partial charge in [0.2, 0.25) is 0 Å². The molecule has 0 bridgehead atoms. The molecule has 19 heteroatoms. The van der Waals surface area contributed by atoms with E-state index in [1.165, 1.54) is 199 Å². The number of ether oxygens (including phenoxy) is 4. The van der Waals surface area contributed by atoms with Crippen molar-refractivity contribution >= 4 is 39.5 Å². The molecule has 0 saturated heterocycles. The minimum Gasteiger partial charge on any atom is -0.462 e. The first kappa shape index (κ1) is 89.1. The number of carbonyl (C=O) groups excluding carboxylic acids is 4. The van der Waals surface area contributed by atoms with E-state index in [2.05, 4.69) is 34.6 Å². The van der Waals surface area contributed by atoms with Gasteiger partial charge in [-0.15, -0.1) is 0 Å². The summed E-state index contributed by atoms with van der Waals surface area (Å²) >= 11 is 0. The van der Waals surface area contributed by atoms with Crippen molar-refractivity contribution < 1.29 is 80.2 Å². The average Bonchev–Trinajstić information content (AvgIpc) is 3.73. The summed E-state index contributed by atoms with van der Waals surface area (Å²) in [6, 6.07) is 0. The molecule has 0 aromatic rings. The molecule has 0 radical (unpaired) electrons. The van der Waals surface area contributed by atoms with Crippen molar-refractivity contribution in [3.05, 3.63) is 0 Å². The van der Waals surface area contributed by atoms with Crippen LogP contribution in [0.15, 0.2) is 0 Å². The van der Waals surface area contributed by atoms with Crippen LogP contribution in [0.5, 0.6) is 0 Å². The highest BCUT2D eigenvalue weighted by molar-refractivity contribution is 7.47. The van der Waals surface area contributed by atoms with E-state index in [1.54, 1.807) is 0 Å². The van der Waals surface area contributed by atoms with Crippen LogP contribution in [0.3, 0.4) is 0 Å². The van der Waals surface area contributed by atoms with E-state index in [0.717, 1.165) is 95.8 Å². The highest BCUT2D eigenvalue weighted by Gasteiger charge is 2.30. The first-order valence-electron chi connectivity index (χ1n) is 37.7. The summed E-state index contributed by atoms with van der Waals surface area (Å²) in [5.74, 6) is -1.27. The lowest BCUT2D eigenvalue weighted by atomic mass is 9.99. The minimum absolute atomic E-state index is 0.107. The molecule has 540 valence electrons. The smallest absolute Gasteiger partial charge is 0.462 e. The third-order valence-corrected chi connectivity index (χ3v) is 19.0. The number of carbonyl (C=O) groups is 4. The number of rotatable bonds is 72. The van der Waals surface area contributed by atoms with E-state index in [0.29, 0.717) is 25.7 Å². The van der Waals surface area contributed by atoms with Gasteiger partial charge in [0, 0.05) is 25.7 Å². The van der Waals surface area contributed by atoms with E-state index < -0.39 is 97.5 Å². The van der Waals surface area contributed by atoms with E-state index in [1.807, 2.05) is 0 Å². The van der Waals surface area contributed by atoms with Crippen LogP contribution < -0.4 is 0 Å². The summed E-state index contributed by atoms with van der Waals surface area (Å²) in [5.41, 5.74) is 0. The fraction of sp³-hybridized carbons (Fsp3) is 0.944. The van der Waals surface area contributed by atoms with Crippen molar-refractivity contribution in [2.75, 3.05) is 39.6 Å². The first-order valence-corrected chi connectivity index (χ1v) is 40.7. The van der Waals surface area contributed by atoms with Gasteiger partial charge in [0.25, 0.3) is 0 Å². The Morgan fingerprint density at radius 3 is 0.780 bits per heavy atom. The molecule has 0 aliphatic rings. The topological polar surface area (TPSA) is 237 Å². The lowest BCUT2D eigenvalue weighted by Gasteiger charge is -2.21. The van der Waals surface area contributed by atoms with Gasteiger partial charge in [-0.25, -0.2) is 9.13 Å². The maximum atomic E-state index is 13.0. The molecule has 6 atom stereocenters. The molecule has 0 rings (SSSR count). The first-order chi connectivity index (χ1) is 44.1. The molecular weight excluding hydrogens is 1200 g/mol. The molecule has 3 unspecified atom stereocenters. The van der Waals surface area contributed by atoms with Crippen molar-refractivity contribution in [2.45, 2.75) is 393 Å². The van der Waals surface area contributed by atoms with Gasteiger partial charge < -0.3 is 33.8 Å². The summed E-state index contributed by atoms with van der Waals surface area (Å²) in [7, 11) is -9.90. The Morgan fingerprint density at radius 2 is 0.527 bits per heavy atom. The highest BCUT2D eigenvalue weighted by Crippen LogP contribution is 2.45. The van der Waals surface area contributed by atoms with Crippen molar-refractivity contribution in [3.8, 4) is 0 Å². The summed E-state index contributed by atoms with van der Waals surface area (Å²) in [6.45, 7) is 7.30. The van der Waals surface area contributed by atoms with Crippen molar-refractivity contribution in [2.24, 2.45) is 5.92 Å². The van der Waals surface area contributed by atoms with Gasteiger partial charge in [-0.05, 0) is 31.6 Å². The third-order valence-electron chi connectivity index (χ3n) is 17.1. The molecule has 0 amide bonds. The van der Waals surface area contributed by atoms with Crippen LogP contribution in [0.25, 0.3) is 0 Å². The maximum absolute atomic E-state index is 13.0. The molecule has 0 aliphatic heterocycles. The summed E-state index contributed by atoms with van der Waals surface area (Å²) < 4.78 is 68.3. The summed E-state index contributed by atoms with van der Waals surface area (Å²) in [5, 5.41) is 10.6. The second-order valence-corrected chi connectivity index (χ2v) is 29.1. The Morgan fingerprint density at radius 1 is 0.308 bits per heavy atom. The summed E-state index contributed by atoms with van der Waals surface area (Å²) in [6.07, 6.45) is 52.5. The SMILES string of the molecule is CCCCCCCCCCCCCCCC(=O)OC[C@H](COP(=O)(O)OC[C@@H](O)COP(=O)(O)OC[C@@H](COC(=O)CCCCCCCCCCCC)OC(=O)CCCCCCCCCCCC)OC(=O)CCCCCCCCCCCCCCCCC(C)CC. The Bertz CT molecular complexity index is 1760. The Hall–Kier alpha value is -1.94. The van der Waals surface area contributed by atoms with Crippen LogP contribution in [0, 0.1) is 5.92 Å². The van der Waals surface area contributed by atoms with Gasteiger partial charge in [-0.3, -0.25) is 37.3 Å². The predicted octanol–water partition coefficient (Wildman–Crippen LogP) is 20.9. The second-order valence-electron chi connectivity index (χ2n) is 26.2. The minimum atomic E-state index is -4.95. The molecular formula is C72H140O17P2. The van der Waals surface area contributed by atoms with Crippen LogP contribution in [-0.4, -0.2) is 96.7 Å². The van der Waals surface area contributed by atoms with E-state index in [-0.39, 0.29) is 25.7 Å². The van der Waals surface area contributed by atoms with Crippen molar-refractivity contribution in [1.82, 2.24) is 0 Å². The zero-order valence-corrected chi connectivity index (χ0v) is 60.8. The molecule has 0 saturated carbocycles. The molecule has 3 N–H and O–H groups in total. The molecule has 91 heavy (non-hydrogen) atoms. The number of unbranched alkanes of at least 4 members (excludes halogenated alkanes) is 43. The molecule has 0 aromatic heterocycles. The Kier molecular flexibility index (Phi) is 64.0. The van der Waals surface area contributed by atoms with E-state index in [4.69, 9.17) is 37.0 Å². The average molecular weight is 1340 g/mol. The van der Waals surface area contributed by atoms with Crippen LogP contribution >= 0.6 is 15.6 Å². The number of hydrogen-bond acceptors (Lipinski definition) is 15. The van der Waals surface area contributed by atoms with Gasteiger partial charge in [0.1, 0.15) is 19.3 Å². The van der Waals surface area contributed by atoms with E-state index in [9.17, 15) is 43.2 Å². The number of hydrogen-bond donors (Lipinski definition) is 3. The molecule has 0 aliphatic carbocycles. The largest absolute Gasteiger partial charge is 0.472 e. The lowest BCUT2D eigenvalue weighted by Crippen LogP contribution is -2.30. The molecule has 0 aromatic carbocycles. The van der Waals surface area contributed by atoms with Gasteiger partial charge in [-0.1, -0.05) is 324 Å². The Balaban J connectivity index is 5.22. The fourth-order valence-corrected chi connectivity index (χ4v) is 12.5. The number of aliphatic hydroxyl groups excluding tert-OH is 1. The van der Waals surface area contributed by atoms with Gasteiger partial charge in [0.15, 0.2) is 12.2 Å². The molecule has 17 nitrogen and oxygen atoms in total. The number of phosphoric ester groups is 2. The van der Waals surface area contributed by atoms with Crippen LogP contribution in [0.4, 0.5) is 0 Å². The number of phosphoric acid groups is 2. The van der Waals surface area contributed by atoms with Gasteiger partial charge >= 0.3 is 39.5 Å². The zero-order valence-electron chi connectivity index (χ0n) is 59.0. The normalized spacial score (nSPS) is 14.3. The van der Waals surface area contributed by atoms with Gasteiger partial charge in [0.05, 0.1) is 26.4 Å². The molecule has 0 heterocycles. The maximum Gasteiger partial charge on any atom is 0.472 e. The number of aliphatic hydroxyl groups is 1. The third kappa shape index (κ3) is 65.1. The van der Waals surface area contributed by atoms with Crippen molar-refractivity contribution in [3.63, 3.8) is 0 Å². The fourth-order valence-electron chi connectivity index (χ4n) is 11.0. The standard InChI is InChI=1S/C72H140O17P2/c1-6-10-13-16-19-22-25-28-32-37-41-46-51-56-70(75)83-62-68(89-72(77)58-53-48-43-38-33-30-27-26-29-31-34-39-44-49-54-65(5)9-4)64-87-91(80,81)85-60-66(73)59-84-90(78,79)86-63-67(88-71(76)57-52-47-42-36-24-21-18-15-12-8-3)61-82-69(74)55-50-45-40-35-23-20-17-14-11-7-2/h65-68,73H,6-64H2,1-5H3,(H,78,79)(H,80,81)/t65?,66-,67+,68+/m0/s1. The predicted molar refractivity (Wildman–Crippen MR) is 368 cm³/mol. The van der Waals surface area contributed by atoms with Gasteiger partial charge in [-0.2, -0.15) is 0 Å². The number of esters is 4. The van der Waals surface area contributed by atoms with Crippen molar-refractivity contribution in [1.29, 1.82) is 0 Å². The van der Waals surface area contributed by atoms with Crippen LogP contribution in [0.1, 0.15) is 375 Å². The van der Waals surface area contributed by atoms with Crippen LogP contribution in [-0.2, 0) is 65.4 Å². The van der Waals surface area contributed by atoms with E-state index >= 15 is 0 Å². The summed E-state index contributed by atoms with van der Waals surface area (Å²) in [4.78, 5) is 72.6. The zero-order chi connectivity index (χ0) is 67.0. The lowest BCUT2D eigenvalue weighted by molar-refractivity contribution is -0.161. The molecule has 0 spiro atoms. The second kappa shape index (κ2) is 65.4. The Labute approximate surface area is 556 Å². The highest BCUT2D eigenvalue weighted by atomic mass is 31.2. The monoisotopic (exact) mass is 1340 g/mol.